The lowest BCUT2D eigenvalue weighted by molar-refractivity contribution is 0.669. The van der Waals surface area contributed by atoms with E-state index in [-0.39, 0.29) is 0 Å². The van der Waals surface area contributed by atoms with Crippen molar-refractivity contribution in [2.24, 2.45) is 0 Å². The third-order valence-electron chi connectivity index (χ3n) is 10.3. The largest absolute Gasteiger partial charge is 0.456 e. The fourth-order valence-electron chi connectivity index (χ4n) is 7.90. The van der Waals surface area contributed by atoms with Gasteiger partial charge in [0.05, 0.1) is 11.1 Å². The zero-order chi connectivity index (χ0) is 34.2. The molecule has 0 radical (unpaired) electrons. The standard InChI is InChI=1S/C48H29NO2S/c1-4-18-42-36(10-1)38-15-7-13-34(47(38)51-42)30-22-26-32(27-23-30)49(41-17-9-20-44-46(41)40-12-2-5-19-43(40)50-44)33-28-24-31(25-29-33)35-14-8-16-39-37-11-3-6-21-45(37)52-48(35)39/h1-29H. The molecule has 0 aliphatic carbocycles. The zero-order valence-corrected chi connectivity index (χ0v) is 28.7. The number of benzene rings is 8. The van der Waals surface area contributed by atoms with E-state index in [0.717, 1.165) is 72.1 Å². The molecule has 11 aromatic rings. The number of furan rings is 2. The maximum absolute atomic E-state index is 6.41. The van der Waals surface area contributed by atoms with Crippen molar-refractivity contribution in [3.8, 4) is 22.3 Å². The first-order valence-corrected chi connectivity index (χ1v) is 18.3. The predicted octanol–water partition coefficient (Wildman–Crippen LogP) is 14.7. The van der Waals surface area contributed by atoms with Crippen molar-refractivity contribution in [1.29, 1.82) is 0 Å². The highest BCUT2D eigenvalue weighted by atomic mass is 32.1. The summed E-state index contributed by atoms with van der Waals surface area (Å²) < 4.78 is 15.4. The van der Waals surface area contributed by atoms with Crippen LogP contribution in [0, 0.1) is 0 Å². The van der Waals surface area contributed by atoms with E-state index in [1.807, 2.05) is 35.6 Å². The highest BCUT2D eigenvalue weighted by molar-refractivity contribution is 7.26. The van der Waals surface area contributed by atoms with Crippen molar-refractivity contribution in [2.75, 3.05) is 4.90 Å². The van der Waals surface area contributed by atoms with Crippen LogP contribution in [0.3, 0.4) is 0 Å². The van der Waals surface area contributed by atoms with Crippen molar-refractivity contribution < 1.29 is 8.83 Å². The van der Waals surface area contributed by atoms with Gasteiger partial charge in [0, 0.05) is 53.3 Å². The Hall–Kier alpha value is -6.62. The maximum Gasteiger partial charge on any atom is 0.143 e. The molecule has 0 saturated heterocycles. The second-order valence-corrected chi connectivity index (χ2v) is 14.3. The van der Waals surface area contributed by atoms with E-state index < -0.39 is 0 Å². The molecule has 3 heterocycles. The van der Waals surface area contributed by atoms with Crippen LogP contribution in [0.25, 0.3) is 86.3 Å². The molecule has 0 spiro atoms. The molecule has 0 saturated carbocycles. The van der Waals surface area contributed by atoms with E-state index in [2.05, 4.69) is 157 Å². The molecule has 0 amide bonds. The van der Waals surface area contributed by atoms with Crippen LogP contribution in [0.4, 0.5) is 17.1 Å². The second kappa shape index (κ2) is 11.5. The van der Waals surface area contributed by atoms with Crippen LogP contribution in [0.15, 0.2) is 185 Å². The van der Waals surface area contributed by atoms with Gasteiger partial charge < -0.3 is 13.7 Å². The summed E-state index contributed by atoms with van der Waals surface area (Å²) in [5.41, 5.74) is 11.4. The summed E-state index contributed by atoms with van der Waals surface area (Å²) in [4.78, 5) is 2.35. The first-order chi connectivity index (χ1) is 25.8. The van der Waals surface area contributed by atoms with Gasteiger partial charge in [0.25, 0.3) is 0 Å². The molecule has 8 aromatic carbocycles. The monoisotopic (exact) mass is 683 g/mol. The molecule has 0 atom stereocenters. The molecule has 4 heteroatoms. The van der Waals surface area contributed by atoms with Gasteiger partial charge in [-0.2, -0.15) is 0 Å². The minimum atomic E-state index is 0.866. The van der Waals surface area contributed by atoms with Gasteiger partial charge in [-0.15, -0.1) is 11.3 Å². The molecule has 0 unspecified atom stereocenters. The number of thiophene rings is 1. The molecule has 3 nitrogen and oxygen atoms in total. The van der Waals surface area contributed by atoms with E-state index >= 15 is 0 Å². The van der Waals surface area contributed by atoms with Crippen LogP contribution in [0.2, 0.25) is 0 Å². The van der Waals surface area contributed by atoms with Crippen molar-refractivity contribution >= 4 is 92.4 Å². The van der Waals surface area contributed by atoms with Crippen LogP contribution in [0.5, 0.6) is 0 Å². The molecular formula is C48H29NO2S. The van der Waals surface area contributed by atoms with Crippen molar-refractivity contribution in [3.63, 3.8) is 0 Å². The number of nitrogens with zero attached hydrogens (tertiary/aromatic N) is 1. The average Bonchev–Trinajstić information content (AvgIpc) is 3.90. The Labute approximate surface area is 303 Å². The Morgan fingerprint density at radius 1 is 0.385 bits per heavy atom. The van der Waals surface area contributed by atoms with E-state index in [0.29, 0.717) is 0 Å². The number of anilines is 3. The van der Waals surface area contributed by atoms with Crippen LogP contribution in [0.1, 0.15) is 0 Å². The number of rotatable bonds is 5. The first kappa shape index (κ1) is 29.1. The zero-order valence-electron chi connectivity index (χ0n) is 27.9. The van der Waals surface area contributed by atoms with E-state index in [4.69, 9.17) is 8.83 Å². The smallest absolute Gasteiger partial charge is 0.143 e. The molecule has 11 rings (SSSR count). The summed E-state index contributed by atoms with van der Waals surface area (Å²) in [6, 6.07) is 62.4. The van der Waals surface area contributed by atoms with Crippen LogP contribution >= 0.6 is 11.3 Å². The molecule has 0 N–H and O–H groups in total. The van der Waals surface area contributed by atoms with E-state index in [1.165, 1.54) is 31.3 Å². The van der Waals surface area contributed by atoms with Gasteiger partial charge >= 0.3 is 0 Å². The third-order valence-corrected chi connectivity index (χ3v) is 11.5. The average molecular weight is 684 g/mol. The Morgan fingerprint density at radius 3 is 1.71 bits per heavy atom. The Balaban J connectivity index is 1.06. The lowest BCUT2D eigenvalue weighted by Crippen LogP contribution is -2.10. The van der Waals surface area contributed by atoms with Crippen molar-refractivity contribution in [3.05, 3.63) is 176 Å². The lowest BCUT2D eigenvalue weighted by Gasteiger charge is -2.26. The van der Waals surface area contributed by atoms with E-state index in [1.54, 1.807) is 0 Å². The Kier molecular flexibility index (Phi) is 6.42. The molecule has 0 bridgehead atoms. The van der Waals surface area contributed by atoms with Gasteiger partial charge in [-0.1, -0.05) is 121 Å². The topological polar surface area (TPSA) is 29.5 Å². The number of fused-ring (bicyclic) bond motifs is 9. The van der Waals surface area contributed by atoms with Gasteiger partial charge in [0.1, 0.15) is 22.3 Å². The van der Waals surface area contributed by atoms with Gasteiger partial charge in [-0.3, -0.25) is 0 Å². The van der Waals surface area contributed by atoms with Gasteiger partial charge in [0.15, 0.2) is 0 Å². The molecule has 0 fully saturated rings. The van der Waals surface area contributed by atoms with Gasteiger partial charge in [0.2, 0.25) is 0 Å². The van der Waals surface area contributed by atoms with Crippen LogP contribution in [-0.4, -0.2) is 0 Å². The Morgan fingerprint density at radius 2 is 0.942 bits per heavy atom. The highest BCUT2D eigenvalue weighted by Gasteiger charge is 2.20. The maximum atomic E-state index is 6.41. The van der Waals surface area contributed by atoms with Crippen LogP contribution in [-0.2, 0) is 0 Å². The summed E-state index contributed by atoms with van der Waals surface area (Å²) in [5.74, 6) is 0. The molecule has 52 heavy (non-hydrogen) atoms. The molecule has 3 aromatic heterocycles. The molecule has 244 valence electrons. The minimum absolute atomic E-state index is 0.866. The summed E-state index contributed by atoms with van der Waals surface area (Å²) in [5, 5.41) is 7.07. The molecule has 0 aliphatic heterocycles. The van der Waals surface area contributed by atoms with E-state index in [9.17, 15) is 0 Å². The second-order valence-electron chi connectivity index (χ2n) is 13.2. The fourth-order valence-corrected chi connectivity index (χ4v) is 9.14. The number of hydrogen-bond donors (Lipinski definition) is 0. The van der Waals surface area contributed by atoms with Gasteiger partial charge in [-0.25, -0.2) is 0 Å². The predicted molar refractivity (Wildman–Crippen MR) is 219 cm³/mol. The summed E-state index contributed by atoms with van der Waals surface area (Å²) >= 11 is 1.86. The third kappa shape index (κ3) is 4.45. The van der Waals surface area contributed by atoms with Gasteiger partial charge in [-0.05, 0) is 71.3 Å². The normalized spacial score (nSPS) is 11.8. The first-order valence-electron chi connectivity index (χ1n) is 17.5. The quantitative estimate of drug-likeness (QED) is 0.181. The lowest BCUT2D eigenvalue weighted by atomic mass is 10.0. The number of para-hydroxylation sites is 3. The molecular weight excluding hydrogens is 655 g/mol. The SMILES string of the molecule is c1ccc2c(c1)oc1c(-c3ccc(N(c4ccc(-c5cccc6c5sc5ccccc56)cc4)c4cccc5oc6ccccc6c45)cc3)cccc12. The summed E-state index contributed by atoms with van der Waals surface area (Å²) in [6.07, 6.45) is 0. The number of hydrogen-bond acceptors (Lipinski definition) is 4. The van der Waals surface area contributed by atoms with Crippen LogP contribution < -0.4 is 4.90 Å². The summed E-state index contributed by atoms with van der Waals surface area (Å²) in [6.45, 7) is 0. The minimum Gasteiger partial charge on any atom is -0.456 e. The molecule has 0 aliphatic rings. The highest BCUT2D eigenvalue weighted by Crippen LogP contribution is 2.45. The van der Waals surface area contributed by atoms with Crippen molar-refractivity contribution in [2.45, 2.75) is 0 Å². The summed E-state index contributed by atoms with van der Waals surface area (Å²) in [7, 11) is 0. The fraction of sp³-hybridized carbons (Fsp3) is 0. The Bertz CT molecular complexity index is 2970. The van der Waals surface area contributed by atoms with Crippen molar-refractivity contribution in [1.82, 2.24) is 0 Å².